The molecule has 0 spiro atoms. The number of carbonyl (C=O) groups excluding carboxylic acids is 1. The molecule has 0 aliphatic rings. The second-order valence-electron chi connectivity index (χ2n) is 4.06. The van der Waals surface area contributed by atoms with Crippen LogP contribution in [0.15, 0.2) is 42.9 Å². The minimum absolute atomic E-state index is 0.214. The molecule has 3 aromatic rings. The predicted octanol–water partition coefficient (Wildman–Crippen LogP) is 1.69. The molecule has 0 unspecified atom stereocenters. The molecule has 0 saturated carbocycles. The second-order valence-corrected chi connectivity index (χ2v) is 4.06. The van der Waals surface area contributed by atoms with Gasteiger partial charge in [-0.25, -0.2) is 9.50 Å². The molecular weight excluding hydrogens is 242 g/mol. The monoisotopic (exact) mass is 253 g/mol. The van der Waals surface area contributed by atoms with E-state index in [9.17, 15) is 4.79 Å². The highest BCUT2D eigenvalue weighted by Crippen LogP contribution is 2.11. The Morgan fingerprint density at radius 3 is 2.84 bits per heavy atom. The summed E-state index contributed by atoms with van der Waals surface area (Å²) in [6.45, 7) is 1.77. The number of carbonyl (C=O) groups is 1. The highest BCUT2D eigenvalue weighted by Gasteiger charge is 2.12. The summed E-state index contributed by atoms with van der Waals surface area (Å²) in [5.74, 6) is 0.266. The summed E-state index contributed by atoms with van der Waals surface area (Å²) in [6, 6.07) is 9.27. The van der Waals surface area contributed by atoms with E-state index in [4.69, 9.17) is 0 Å². The number of hydrogen-bond acceptors (Lipinski definition) is 4. The van der Waals surface area contributed by atoms with E-state index in [1.807, 2.05) is 30.3 Å². The summed E-state index contributed by atoms with van der Waals surface area (Å²) in [5, 5.41) is 6.79. The SMILES string of the molecule is Cc1nc2ncnn2cc1C(=O)Nc1ccccc1. The fourth-order valence-electron chi connectivity index (χ4n) is 1.78. The van der Waals surface area contributed by atoms with Crippen molar-refractivity contribution < 1.29 is 4.79 Å². The topological polar surface area (TPSA) is 72.2 Å². The first kappa shape index (κ1) is 11.3. The molecule has 94 valence electrons. The van der Waals surface area contributed by atoms with Crippen LogP contribution in [0.25, 0.3) is 5.78 Å². The van der Waals surface area contributed by atoms with Gasteiger partial charge < -0.3 is 5.32 Å². The van der Waals surface area contributed by atoms with Crippen LogP contribution in [0.3, 0.4) is 0 Å². The van der Waals surface area contributed by atoms with Gasteiger partial charge in [0.15, 0.2) is 0 Å². The number of rotatable bonds is 2. The lowest BCUT2D eigenvalue weighted by molar-refractivity contribution is 0.102. The lowest BCUT2D eigenvalue weighted by atomic mass is 10.2. The molecule has 0 aliphatic heterocycles. The highest BCUT2D eigenvalue weighted by molar-refractivity contribution is 6.04. The molecule has 1 aromatic carbocycles. The predicted molar refractivity (Wildman–Crippen MR) is 69.9 cm³/mol. The third-order valence-corrected chi connectivity index (χ3v) is 2.74. The van der Waals surface area contributed by atoms with E-state index in [-0.39, 0.29) is 5.91 Å². The van der Waals surface area contributed by atoms with Gasteiger partial charge in [0.1, 0.15) is 6.33 Å². The number of benzene rings is 1. The van der Waals surface area contributed by atoms with Crippen molar-refractivity contribution in [1.29, 1.82) is 0 Å². The van der Waals surface area contributed by atoms with Crippen LogP contribution in [0.1, 0.15) is 16.1 Å². The van der Waals surface area contributed by atoms with Crippen LogP contribution in [0.5, 0.6) is 0 Å². The molecule has 1 N–H and O–H groups in total. The van der Waals surface area contributed by atoms with Gasteiger partial charge in [-0.05, 0) is 19.1 Å². The van der Waals surface area contributed by atoms with E-state index in [1.165, 1.54) is 10.8 Å². The molecule has 0 atom stereocenters. The summed E-state index contributed by atoms with van der Waals surface area (Å²) in [5.41, 5.74) is 1.83. The Labute approximate surface area is 109 Å². The van der Waals surface area contributed by atoms with E-state index >= 15 is 0 Å². The average Bonchev–Trinajstić information content (AvgIpc) is 2.86. The Morgan fingerprint density at radius 1 is 1.26 bits per heavy atom. The molecule has 6 nitrogen and oxygen atoms in total. The smallest absolute Gasteiger partial charge is 0.259 e. The van der Waals surface area contributed by atoms with Gasteiger partial charge in [0.05, 0.1) is 11.3 Å². The molecule has 6 heteroatoms. The van der Waals surface area contributed by atoms with Gasteiger partial charge in [-0.1, -0.05) is 18.2 Å². The minimum atomic E-state index is -0.214. The number of fused-ring (bicyclic) bond motifs is 1. The Bertz CT molecular complexity index is 735. The number of anilines is 1. The maximum atomic E-state index is 12.2. The highest BCUT2D eigenvalue weighted by atomic mass is 16.1. The number of aromatic nitrogens is 4. The minimum Gasteiger partial charge on any atom is -0.322 e. The van der Waals surface area contributed by atoms with Crippen LogP contribution in [-0.2, 0) is 0 Å². The Hall–Kier alpha value is -2.76. The second kappa shape index (κ2) is 4.49. The molecule has 0 saturated heterocycles. The normalized spacial score (nSPS) is 10.6. The van der Waals surface area contributed by atoms with Gasteiger partial charge in [-0.2, -0.15) is 10.1 Å². The van der Waals surface area contributed by atoms with Crippen molar-refractivity contribution in [2.45, 2.75) is 6.92 Å². The summed E-state index contributed by atoms with van der Waals surface area (Å²) in [4.78, 5) is 20.4. The zero-order chi connectivity index (χ0) is 13.2. The average molecular weight is 253 g/mol. The summed E-state index contributed by atoms with van der Waals surface area (Å²) >= 11 is 0. The number of amides is 1. The molecule has 0 radical (unpaired) electrons. The van der Waals surface area contributed by atoms with Gasteiger partial charge in [0.25, 0.3) is 11.7 Å². The molecular formula is C13H11N5O. The number of aryl methyl sites for hydroxylation is 1. The quantitative estimate of drug-likeness (QED) is 0.754. The molecule has 19 heavy (non-hydrogen) atoms. The Kier molecular flexibility index (Phi) is 2.68. The molecule has 0 bridgehead atoms. The number of nitrogens with one attached hydrogen (secondary N) is 1. The fourth-order valence-corrected chi connectivity index (χ4v) is 1.78. The first-order chi connectivity index (χ1) is 9.24. The van der Waals surface area contributed by atoms with Crippen molar-refractivity contribution in [2.75, 3.05) is 5.32 Å². The lowest BCUT2D eigenvalue weighted by Gasteiger charge is -2.07. The van der Waals surface area contributed by atoms with E-state index in [0.29, 0.717) is 17.0 Å². The van der Waals surface area contributed by atoms with Crippen LogP contribution in [0, 0.1) is 6.92 Å². The van der Waals surface area contributed by atoms with Crippen molar-refractivity contribution in [1.82, 2.24) is 19.6 Å². The van der Waals surface area contributed by atoms with Crippen molar-refractivity contribution in [3.63, 3.8) is 0 Å². The standard InChI is InChI=1S/C13H11N5O/c1-9-11(7-18-13(16-9)14-8-15-18)12(19)17-10-5-3-2-4-6-10/h2-8H,1H3,(H,17,19). The van der Waals surface area contributed by atoms with E-state index < -0.39 is 0 Å². The van der Waals surface area contributed by atoms with Crippen molar-refractivity contribution >= 4 is 17.4 Å². The molecule has 3 rings (SSSR count). The largest absolute Gasteiger partial charge is 0.322 e. The van der Waals surface area contributed by atoms with Crippen LogP contribution in [-0.4, -0.2) is 25.5 Å². The van der Waals surface area contributed by atoms with Gasteiger partial charge in [-0.3, -0.25) is 4.79 Å². The van der Waals surface area contributed by atoms with E-state index in [0.717, 1.165) is 5.69 Å². The molecule has 1 amide bonds. The third-order valence-electron chi connectivity index (χ3n) is 2.74. The third kappa shape index (κ3) is 2.15. The summed E-state index contributed by atoms with van der Waals surface area (Å²) in [7, 11) is 0. The maximum Gasteiger partial charge on any atom is 0.259 e. The van der Waals surface area contributed by atoms with Crippen LogP contribution in [0.2, 0.25) is 0 Å². The van der Waals surface area contributed by atoms with Crippen LogP contribution >= 0.6 is 0 Å². The molecule has 0 aliphatic carbocycles. The van der Waals surface area contributed by atoms with Crippen LogP contribution in [0.4, 0.5) is 5.69 Å². The molecule has 2 aromatic heterocycles. The first-order valence-corrected chi connectivity index (χ1v) is 5.77. The van der Waals surface area contributed by atoms with Crippen molar-refractivity contribution in [2.24, 2.45) is 0 Å². The zero-order valence-corrected chi connectivity index (χ0v) is 10.2. The lowest BCUT2D eigenvalue weighted by Crippen LogP contribution is -2.15. The first-order valence-electron chi connectivity index (χ1n) is 5.77. The maximum absolute atomic E-state index is 12.2. The Balaban J connectivity index is 1.95. The number of hydrogen-bond donors (Lipinski definition) is 1. The summed E-state index contributed by atoms with van der Waals surface area (Å²) in [6.07, 6.45) is 3.03. The van der Waals surface area contributed by atoms with Gasteiger partial charge >= 0.3 is 0 Å². The molecule has 2 heterocycles. The van der Waals surface area contributed by atoms with Gasteiger partial charge in [0.2, 0.25) is 0 Å². The van der Waals surface area contributed by atoms with Crippen molar-refractivity contribution in [3.05, 3.63) is 54.1 Å². The van der Waals surface area contributed by atoms with Gasteiger partial charge in [-0.15, -0.1) is 0 Å². The zero-order valence-electron chi connectivity index (χ0n) is 10.2. The van der Waals surface area contributed by atoms with Crippen molar-refractivity contribution in [3.8, 4) is 0 Å². The fraction of sp³-hybridized carbons (Fsp3) is 0.0769. The van der Waals surface area contributed by atoms with Gasteiger partial charge in [0, 0.05) is 11.9 Å². The Morgan fingerprint density at radius 2 is 2.05 bits per heavy atom. The number of para-hydroxylation sites is 1. The van der Waals surface area contributed by atoms with Crippen LogP contribution < -0.4 is 5.32 Å². The van der Waals surface area contributed by atoms with E-state index in [1.54, 1.807) is 13.1 Å². The van der Waals surface area contributed by atoms with E-state index in [2.05, 4.69) is 20.4 Å². The molecule has 0 fully saturated rings. The summed E-state index contributed by atoms with van der Waals surface area (Å²) < 4.78 is 1.48. The number of nitrogens with zero attached hydrogens (tertiary/aromatic N) is 4.